The zero-order chi connectivity index (χ0) is 11.3. The van der Waals surface area contributed by atoms with Crippen molar-refractivity contribution in [2.24, 2.45) is 0 Å². The molecule has 0 amide bonds. The van der Waals surface area contributed by atoms with Gasteiger partial charge in [-0.25, -0.2) is 4.39 Å². The number of nitrogens with one attached hydrogen (secondary N) is 1. The van der Waals surface area contributed by atoms with E-state index in [0.717, 1.165) is 0 Å². The maximum atomic E-state index is 12.6. The zero-order valence-electron chi connectivity index (χ0n) is 9.09. The van der Waals surface area contributed by atoms with Crippen LogP contribution in [0.2, 0.25) is 0 Å². The third-order valence-electron chi connectivity index (χ3n) is 2.07. The summed E-state index contributed by atoms with van der Waals surface area (Å²) in [6, 6.07) is 6.04. The van der Waals surface area contributed by atoms with Crippen LogP contribution < -0.4 is 5.32 Å². The Hall–Kier alpha value is -1.22. The maximum Gasteiger partial charge on any atom is 0.164 e. The summed E-state index contributed by atoms with van der Waals surface area (Å²) in [5.74, 6) is -0.269. The number of hydrogen-bond donors (Lipinski definition) is 1. The van der Waals surface area contributed by atoms with Gasteiger partial charge in [0, 0.05) is 24.6 Å². The fourth-order valence-electron chi connectivity index (χ4n) is 1.25. The van der Waals surface area contributed by atoms with Gasteiger partial charge in [0.25, 0.3) is 0 Å². The zero-order valence-corrected chi connectivity index (χ0v) is 9.09. The molecule has 1 N–H and O–H groups in total. The molecular formula is C12H16FNO. The lowest BCUT2D eigenvalue weighted by atomic mass is 10.1. The SMILES string of the molecule is CC(C)NCCC(=O)c1ccc(F)cc1. The highest BCUT2D eigenvalue weighted by atomic mass is 19.1. The van der Waals surface area contributed by atoms with Crippen LogP contribution >= 0.6 is 0 Å². The molecule has 0 spiro atoms. The van der Waals surface area contributed by atoms with E-state index in [2.05, 4.69) is 5.32 Å². The van der Waals surface area contributed by atoms with E-state index in [0.29, 0.717) is 24.6 Å². The molecule has 0 unspecified atom stereocenters. The number of Topliss-reactive ketones (excluding diaryl/α,β-unsaturated/α-hetero) is 1. The van der Waals surface area contributed by atoms with Crippen LogP contribution in [0.1, 0.15) is 30.6 Å². The molecular weight excluding hydrogens is 193 g/mol. The topological polar surface area (TPSA) is 29.1 Å². The van der Waals surface area contributed by atoms with E-state index in [-0.39, 0.29) is 11.6 Å². The quantitative estimate of drug-likeness (QED) is 0.754. The molecule has 0 radical (unpaired) electrons. The minimum absolute atomic E-state index is 0.0446. The van der Waals surface area contributed by atoms with E-state index in [1.54, 1.807) is 0 Å². The average Bonchev–Trinajstić information content (AvgIpc) is 2.18. The van der Waals surface area contributed by atoms with Crippen molar-refractivity contribution < 1.29 is 9.18 Å². The van der Waals surface area contributed by atoms with Crippen LogP contribution in [0.4, 0.5) is 4.39 Å². The van der Waals surface area contributed by atoms with Crippen LogP contribution in [0.3, 0.4) is 0 Å². The van der Waals surface area contributed by atoms with E-state index < -0.39 is 0 Å². The summed E-state index contributed by atoms with van der Waals surface area (Å²) in [4.78, 5) is 11.6. The standard InChI is InChI=1S/C12H16FNO/c1-9(2)14-8-7-12(15)10-3-5-11(13)6-4-10/h3-6,9,14H,7-8H2,1-2H3. The monoisotopic (exact) mass is 209 g/mol. The second kappa shape index (κ2) is 5.61. The van der Waals surface area contributed by atoms with E-state index in [4.69, 9.17) is 0 Å². The molecule has 0 aromatic heterocycles. The van der Waals surface area contributed by atoms with Crippen molar-refractivity contribution >= 4 is 5.78 Å². The molecule has 0 aliphatic heterocycles. The molecule has 15 heavy (non-hydrogen) atoms. The summed E-state index contributed by atoms with van der Waals surface area (Å²) in [7, 11) is 0. The molecule has 0 fully saturated rings. The molecule has 1 rings (SSSR count). The lowest BCUT2D eigenvalue weighted by Gasteiger charge is -2.06. The van der Waals surface area contributed by atoms with Crippen LogP contribution in [0, 0.1) is 5.82 Å². The van der Waals surface area contributed by atoms with Crippen molar-refractivity contribution in [3.63, 3.8) is 0 Å². The van der Waals surface area contributed by atoms with Crippen molar-refractivity contribution in [3.05, 3.63) is 35.6 Å². The van der Waals surface area contributed by atoms with Crippen molar-refractivity contribution in [2.75, 3.05) is 6.54 Å². The smallest absolute Gasteiger partial charge is 0.164 e. The molecule has 3 heteroatoms. The number of hydrogen-bond acceptors (Lipinski definition) is 2. The lowest BCUT2D eigenvalue weighted by Crippen LogP contribution is -2.25. The fraction of sp³-hybridized carbons (Fsp3) is 0.417. The minimum atomic E-state index is -0.313. The molecule has 0 atom stereocenters. The second-order valence-corrected chi connectivity index (χ2v) is 3.79. The van der Waals surface area contributed by atoms with E-state index in [9.17, 15) is 9.18 Å². The van der Waals surface area contributed by atoms with Gasteiger partial charge in [-0.2, -0.15) is 0 Å². The number of rotatable bonds is 5. The van der Waals surface area contributed by atoms with Gasteiger partial charge in [-0.05, 0) is 24.3 Å². The van der Waals surface area contributed by atoms with Crippen molar-refractivity contribution in [1.29, 1.82) is 0 Å². The van der Waals surface area contributed by atoms with Crippen molar-refractivity contribution in [3.8, 4) is 0 Å². The Bertz CT molecular complexity index is 319. The highest BCUT2D eigenvalue weighted by Gasteiger charge is 2.05. The number of carbonyl (C=O) groups excluding carboxylic acids is 1. The van der Waals surface area contributed by atoms with E-state index >= 15 is 0 Å². The Morgan fingerprint density at radius 1 is 1.33 bits per heavy atom. The van der Waals surface area contributed by atoms with E-state index in [1.165, 1.54) is 24.3 Å². The summed E-state index contributed by atoms with van der Waals surface area (Å²) >= 11 is 0. The van der Waals surface area contributed by atoms with Crippen LogP contribution in [0.15, 0.2) is 24.3 Å². The lowest BCUT2D eigenvalue weighted by molar-refractivity contribution is 0.0982. The highest BCUT2D eigenvalue weighted by molar-refractivity contribution is 5.96. The maximum absolute atomic E-state index is 12.6. The summed E-state index contributed by atoms with van der Waals surface area (Å²) in [5, 5.41) is 3.16. The fourth-order valence-corrected chi connectivity index (χ4v) is 1.25. The van der Waals surface area contributed by atoms with E-state index in [1.807, 2.05) is 13.8 Å². The largest absolute Gasteiger partial charge is 0.314 e. The van der Waals surface area contributed by atoms with Crippen LogP contribution in [-0.2, 0) is 0 Å². The van der Waals surface area contributed by atoms with Gasteiger partial charge in [-0.3, -0.25) is 4.79 Å². The molecule has 2 nitrogen and oxygen atoms in total. The third-order valence-corrected chi connectivity index (χ3v) is 2.07. The van der Waals surface area contributed by atoms with Gasteiger partial charge < -0.3 is 5.32 Å². The molecule has 0 heterocycles. The van der Waals surface area contributed by atoms with Crippen LogP contribution in [0.25, 0.3) is 0 Å². The first-order chi connectivity index (χ1) is 7.09. The van der Waals surface area contributed by atoms with Gasteiger partial charge in [0.05, 0.1) is 0 Å². The first-order valence-electron chi connectivity index (χ1n) is 5.11. The summed E-state index contributed by atoms with van der Waals surface area (Å²) in [6.07, 6.45) is 0.448. The molecule has 0 saturated heterocycles. The third kappa shape index (κ3) is 4.21. The molecule has 0 bridgehead atoms. The molecule has 0 aliphatic carbocycles. The highest BCUT2D eigenvalue weighted by Crippen LogP contribution is 2.05. The second-order valence-electron chi connectivity index (χ2n) is 3.79. The number of benzene rings is 1. The first-order valence-corrected chi connectivity index (χ1v) is 5.11. The van der Waals surface area contributed by atoms with Gasteiger partial charge in [-0.15, -0.1) is 0 Å². The normalized spacial score (nSPS) is 10.7. The van der Waals surface area contributed by atoms with Gasteiger partial charge in [-0.1, -0.05) is 13.8 Å². The predicted octanol–water partition coefficient (Wildman–Crippen LogP) is 2.40. The Morgan fingerprint density at radius 3 is 2.47 bits per heavy atom. The minimum Gasteiger partial charge on any atom is -0.314 e. The number of ketones is 1. The molecule has 1 aromatic rings. The van der Waals surface area contributed by atoms with Gasteiger partial charge in [0.1, 0.15) is 5.82 Å². The first kappa shape index (κ1) is 11.9. The Balaban J connectivity index is 2.43. The van der Waals surface area contributed by atoms with Crippen molar-refractivity contribution in [2.45, 2.75) is 26.3 Å². The van der Waals surface area contributed by atoms with Crippen molar-refractivity contribution in [1.82, 2.24) is 5.32 Å². The molecule has 1 aromatic carbocycles. The van der Waals surface area contributed by atoms with Gasteiger partial charge in [0.15, 0.2) is 5.78 Å². The summed E-state index contributed by atoms with van der Waals surface area (Å²) in [5.41, 5.74) is 0.571. The van der Waals surface area contributed by atoms with Gasteiger partial charge >= 0.3 is 0 Å². The average molecular weight is 209 g/mol. The summed E-state index contributed by atoms with van der Waals surface area (Å²) in [6.45, 7) is 4.72. The Kier molecular flexibility index (Phi) is 4.43. The molecule has 82 valence electrons. The van der Waals surface area contributed by atoms with Crippen LogP contribution in [0.5, 0.6) is 0 Å². The predicted molar refractivity (Wildman–Crippen MR) is 58.5 cm³/mol. The molecule has 0 saturated carbocycles. The number of carbonyl (C=O) groups is 1. The summed E-state index contributed by atoms with van der Waals surface area (Å²) < 4.78 is 12.6. The Morgan fingerprint density at radius 2 is 1.93 bits per heavy atom. The molecule has 0 aliphatic rings. The van der Waals surface area contributed by atoms with Gasteiger partial charge in [0.2, 0.25) is 0 Å². The van der Waals surface area contributed by atoms with Crippen LogP contribution in [-0.4, -0.2) is 18.4 Å². The number of halogens is 1. The Labute approximate surface area is 89.5 Å².